The van der Waals surface area contributed by atoms with Gasteiger partial charge in [0.05, 0.1) is 6.10 Å². The van der Waals surface area contributed by atoms with E-state index in [1.54, 1.807) is 13.0 Å². The number of allylic oxidation sites excluding steroid dienone is 5. The lowest BCUT2D eigenvalue weighted by molar-refractivity contribution is -0.133. The van der Waals surface area contributed by atoms with E-state index in [9.17, 15) is 19.5 Å². The summed E-state index contributed by atoms with van der Waals surface area (Å²) in [6, 6.07) is 0. The van der Waals surface area contributed by atoms with Gasteiger partial charge >= 0.3 is 0 Å². The van der Waals surface area contributed by atoms with E-state index in [1.807, 2.05) is 6.08 Å². The molecule has 4 nitrogen and oxygen atoms in total. The van der Waals surface area contributed by atoms with Crippen molar-refractivity contribution in [3.8, 4) is 0 Å². The molecule has 2 fully saturated rings. The van der Waals surface area contributed by atoms with Crippen molar-refractivity contribution >= 4 is 17.3 Å². The number of aliphatic hydroxyl groups excluding tert-OH is 1. The molecule has 0 aromatic rings. The largest absolute Gasteiger partial charge is 0.392 e. The Morgan fingerprint density at radius 3 is 2.64 bits per heavy atom. The van der Waals surface area contributed by atoms with Gasteiger partial charge in [-0.05, 0) is 67.1 Å². The Morgan fingerprint density at radius 2 is 2.00 bits per heavy atom. The molecule has 0 heterocycles. The van der Waals surface area contributed by atoms with E-state index >= 15 is 0 Å². The summed E-state index contributed by atoms with van der Waals surface area (Å²) in [5.74, 6) is -0.0343. The van der Waals surface area contributed by atoms with E-state index in [2.05, 4.69) is 26.5 Å². The average molecular weight is 383 g/mol. The molecule has 2 saturated carbocycles. The zero-order valence-corrected chi connectivity index (χ0v) is 17.0. The van der Waals surface area contributed by atoms with Crippen LogP contribution in [0.3, 0.4) is 0 Å². The van der Waals surface area contributed by atoms with E-state index in [0.717, 1.165) is 18.4 Å². The summed E-state index contributed by atoms with van der Waals surface area (Å²) in [5, 5.41) is 10.7. The van der Waals surface area contributed by atoms with Gasteiger partial charge in [-0.1, -0.05) is 32.6 Å². The van der Waals surface area contributed by atoms with Gasteiger partial charge in [0.2, 0.25) is 0 Å². The number of carbonyl (C=O) groups is 3. The predicted octanol–water partition coefficient (Wildman–Crippen LogP) is 3.45. The topological polar surface area (TPSA) is 71.4 Å². The molecule has 2 unspecified atom stereocenters. The second kappa shape index (κ2) is 6.35. The first kappa shape index (κ1) is 19.5. The molecule has 4 heteroatoms. The minimum atomic E-state index is -0.595. The number of rotatable bonds is 3. The summed E-state index contributed by atoms with van der Waals surface area (Å²) < 4.78 is 0. The third-order valence-electron chi connectivity index (χ3n) is 8.68. The molecule has 1 N–H and O–H groups in total. The molecule has 150 valence electrons. The van der Waals surface area contributed by atoms with Crippen molar-refractivity contribution in [2.45, 2.75) is 52.6 Å². The van der Waals surface area contributed by atoms with Gasteiger partial charge in [0.15, 0.2) is 11.6 Å². The maximum atomic E-state index is 12.7. The first-order chi connectivity index (χ1) is 13.1. The normalized spacial score (nSPS) is 46.9. The summed E-state index contributed by atoms with van der Waals surface area (Å²) in [6.07, 6.45) is 9.31. The highest BCUT2D eigenvalue weighted by Crippen LogP contribution is 2.66. The monoisotopic (exact) mass is 382 g/mol. The van der Waals surface area contributed by atoms with Crippen LogP contribution < -0.4 is 0 Å². The molecule has 4 aliphatic rings. The van der Waals surface area contributed by atoms with Gasteiger partial charge in [-0.3, -0.25) is 14.4 Å². The van der Waals surface area contributed by atoms with E-state index in [-0.39, 0.29) is 58.8 Å². The average Bonchev–Trinajstić information content (AvgIpc) is 2.91. The van der Waals surface area contributed by atoms with E-state index in [1.165, 1.54) is 6.08 Å². The number of fused-ring (bicyclic) bond motifs is 5. The summed E-state index contributed by atoms with van der Waals surface area (Å²) in [5.41, 5.74) is 0.339. The van der Waals surface area contributed by atoms with Gasteiger partial charge in [0.1, 0.15) is 5.78 Å². The standard InChI is InChI=1S/C24H30O4/c1-5-20(27)19-11-15(26)10-14-6-7-16-17(24(14,19)4)8-9-23(3)18(16)12-21(28)22(23)13(2)25/h5-7,10,16-19,21-22,28H,1,8-9,11-12H2,2-4H3/t16-,17+,18+,19?,21?,22+,23+,24+/m1/s1. The minimum absolute atomic E-state index is 0.00403. The van der Waals surface area contributed by atoms with Crippen LogP contribution in [0.2, 0.25) is 0 Å². The maximum absolute atomic E-state index is 12.7. The lowest BCUT2D eigenvalue weighted by atomic mass is 9.46. The van der Waals surface area contributed by atoms with E-state index < -0.39 is 11.5 Å². The second-order valence-electron chi connectivity index (χ2n) is 9.80. The number of aliphatic hydroxyl groups is 1. The fourth-order valence-electron chi connectivity index (χ4n) is 7.37. The van der Waals surface area contributed by atoms with Gasteiger partial charge < -0.3 is 5.11 Å². The summed E-state index contributed by atoms with van der Waals surface area (Å²) >= 11 is 0. The molecule has 8 atom stereocenters. The van der Waals surface area contributed by atoms with Gasteiger partial charge in [-0.25, -0.2) is 0 Å². The van der Waals surface area contributed by atoms with Crippen molar-refractivity contribution in [3.05, 3.63) is 36.5 Å². The van der Waals surface area contributed by atoms with Crippen LogP contribution in [-0.4, -0.2) is 28.6 Å². The zero-order valence-electron chi connectivity index (χ0n) is 17.0. The van der Waals surface area contributed by atoms with Crippen LogP contribution in [0.4, 0.5) is 0 Å². The van der Waals surface area contributed by atoms with Crippen molar-refractivity contribution in [2.24, 2.45) is 40.4 Å². The highest BCUT2D eigenvalue weighted by molar-refractivity contribution is 6.01. The van der Waals surface area contributed by atoms with Gasteiger partial charge in [0, 0.05) is 23.7 Å². The quantitative estimate of drug-likeness (QED) is 0.759. The van der Waals surface area contributed by atoms with Crippen molar-refractivity contribution < 1.29 is 19.5 Å². The van der Waals surface area contributed by atoms with E-state index in [0.29, 0.717) is 6.42 Å². The van der Waals surface area contributed by atoms with Crippen LogP contribution in [0.1, 0.15) is 46.5 Å². The highest BCUT2D eigenvalue weighted by Gasteiger charge is 2.63. The molecule has 28 heavy (non-hydrogen) atoms. The lowest BCUT2D eigenvalue weighted by Crippen LogP contribution is -2.53. The predicted molar refractivity (Wildman–Crippen MR) is 106 cm³/mol. The van der Waals surface area contributed by atoms with E-state index in [4.69, 9.17) is 0 Å². The Kier molecular flexibility index (Phi) is 4.42. The van der Waals surface area contributed by atoms with Crippen molar-refractivity contribution in [3.63, 3.8) is 0 Å². The SMILES string of the molecule is C=CC(=O)C1CC(=O)C=C2C=C[C@H]3[C@@H]4CC(O)[C@H](C(C)=O)[C@@]4(C)CC[C@@H]3[C@]21C. The number of hydrogen-bond donors (Lipinski definition) is 1. The van der Waals surface area contributed by atoms with Gasteiger partial charge in [0.25, 0.3) is 0 Å². The number of carbonyl (C=O) groups excluding carboxylic acids is 3. The molecule has 0 saturated heterocycles. The van der Waals surface area contributed by atoms with Crippen LogP contribution in [0.15, 0.2) is 36.5 Å². The number of hydrogen-bond acceptors (Lipinski definition) is 4. The second-order valence-corrected chi connectivity index (χ2v) is 9.80. The van der Waals surface area contributed by atoms with Gasteiger partial charge in [-0.15, -0.1) is 0 Å². The number of ketones is 3. The summed E-state index contributed by atoms with van der Waals surface area (Å²) in [4.78, 5) is 37.3. The molecule has 0 aliphatic heterocycles. The number of Topliss-reactive ketones (excluding diaryl/α,β-unsaturated/α-hetero) is 1. The Morgan fingerprint density at radius 1 is 1.29 bits per heavy atom. The highest BCUT2D eigenvalue weighted by atomic mass is 16.3. The molecule has 0 amide bonds. The Labute approximate surface area is 166 Å². The first-order valence-electron chi connectivity index (χ1n) is 10.4. The zero-order chi connectivity index (χ0) is 20.4. The molecule has 0 radical (unpaired) electrons. The van der Waals surface area contributed by atoms with Crippen molar-refractivity contribution in [2.75, 3.05) is 0 Å². The van der Waals surface area contributed by atoms with Crippen LogP contribution in [-0.2, 0) is 14.4 Å². The van der Waals surface area contributed by atoms with Crippen LogP contribution >= 0.6 is 0 Å². The molecule has 0 aromatic heterocycles. The molecule has 0 spiro atoms. The summed E-state index contributed by atoms with van der Waals surface area (Å²) in [6.45, 7) is 9.56. The minimum Gasteiger partial charge on any atom is -0.392 e. The third-order valence-corrected chi connectivity index (χ3v) is 8.68. The van der Waals surface area contributed by atoms with Crippen LogP contribution in [0, 0.1) is 40.4 Å². The molecular formula is C24H30O4. The maximum Gasteiger partial charge on any atom is 0.159 e. The van der Waals surface area contributed by atoms with Gasteiger partial charge in [-0.2, -0.15) is 0 Å². The molecule has 0 aromatic carbocycles. The molecular weight excluding hydrogens is 352 g/mol. The molecule has 0 bridgehead atoms. The fourth-order valence-corrected chi connectivity index (χ4v) is 7.37. The Balaban J connectivity index is 1.79. The van der Waals surface area contributed by atoms with Crippen molar-refractivity contribution in [1.29, 1.82) is 0 Å². The first-order valence-corrected chi connectivity index (χ1v) is 10.4. The Hall–Kier alpha value is -1.81. The van der Waals surface area contributed by atoms with Crippen LogP contribution in [0.25, 0.3) is 0 Å². The Bertz CT molecular complexity index is 820. The summed E-state index contributed by atoms with van der Waals surface area (Å²) in [7, 11) is 0. The third kappa shape index (κ3) is 2.43. The van der Waals surface area contributed by atoms with Crippen LogP contribution in [0.5, 0.6) is 0 Å². The fraction of sp³-hybridized carbons (Fsp3) is 0.625. The molecule has 4 rings (SSSR count). The van der Waals surface area contributed by atoms with Crippen molar-refractivity contribution in [1.82, 2.24) is 0 Å². The smallest absolute Gasteiger partial charge is 0.159 e. The lowest BCUT2D eigenvalue weighted by Gasteiger charge is -2.57. The molecule has 4 aliphatic carbocycles.